The topological polar surface area (TPSA) is 80.3 Å². The van der Waals surface area contributed by atoms with E-state index in [1.807, 2.05) is 13.0 Å². The van der Waals surface area contributed by atoms with Crippen LogP contribution in [0.1, 0.15) is 34.8 Å². The summed E-state index contributed by atoms with van der Waals surface area (Å²) < 4.78 is 10.6. The van der Waals surface area contributed by atoms with Crippen LogP contribution in [0.3, 0.4) is 0 Å². The van der Waals surface area contributed by atoms with Gasteiger partial charge in [-0.25, -0.2) is 9.59 Å². The predicted molar refractivity (Wildman–Crippen MR) is 92.6 cm³/mol. The number of nitrogens with zero attached hydrogens (tertiary/aromatic N) is 1. The highest BCUT2D eigenvalue weighted by Crippen LogP contribution is 2.24. The molecule has 0 amide bonds. The van der Waals surface area contributed by atoms with Crippen LogP contribution < -0.4 is 10.4 Å². The minimum Gasteiger partial charge on any atom is -0.423 e. The number of benzene rings is 2. The number of hydrogen-bond donors (Lipinski definition) is 0. The Balaban J connectivity index is 1.90. The normalized spacial score (nSPS) is 10.4. The maximum atomic E-state index is 12.2. The van der Waals surface area contributed by atoms with Crippen molar-refractivity contribution in [3.05, 3.63) is 75.6 Å². The second-order valence-electron chi connectivity index (χ2n) is 5.58. The first-order chi connectivity index (χ1) is 12.1. The van der Waals surface area contributed by atoms with Crippen molar-refractivity contribution in [1.29, 1.82) is 5.26 Å². The summed E-state index contributed by atoms with van der Waals surface area (Å²) in [5.41, 5.74) is 1.68. The summed E-state index contributed by atoms with van der Waals surface area (Å²) in [6, 6.07) is 14.6. The van der Waals surface area contributed by atoms with Crippen LogP contribution in [-0.4, -0.2) is 5.97 Å². The quantitative estimate of drug-likeness (QED) is 0.412. The SMILES string of the molecule is CCCc1cc(=O)oc2cc(OC(=O)c3ccc(C#N)cc3)ccc12. The molecule has 0 bridgehead atoms. The monoisotopic (exact) mass is 333 g/mol. The third kappa shape index (κ3) is 3.59. The molecule has 0 aliphatic heterocycles. The maximum Gasteiger partial charge on any atom is 0.343 e. The van der Waals surface area contributed by atoms with Crippen molar-refractivity contribution in [2.24, 2.45) is 0 Å². The first kappa shape index (κ1) is 16.5. The van der Waals surface area contributed by atoms with Gasteiger partial charge in [0.15, 0.2) is 0 Å². The molecule has 0 saturated heterocycles. The third-order valence-electron chi connectivity index (χ3n) is 3.78. The van der Waals surface area contributed by atoms with E-state index in [1.54, 1.807) is 24.3 Å². The summed E-state index contributed by atoms with van der Waals surface area (Å²) in [5.74, 6) is -0.255. The molecule has 0 unspecified atom stereocenters. The van der Waals surface area contributed by atoms with Crippen LogP contribution in [0.5, 0.6) is 5.75 Å². The summed E-state index contributed by atoms with van der Waals surface area (Å²) in [7, 11) is 0. The lowest BCUT2D eigenvalue weighted by atomic mass is 10.1. The Morgan fingerprint density at radius 3 is 2.60 bits per heavy atom. The third-order valence-corrected chi connectivity index (χ3v) is 3.78. The van der Waals surface area contributed by atoms with Gasteiger partial charge in [0.25, 0.3) is 0 Å². The summed E-state index contributed by atoms with van der Waals surface area (Å²) in [5, 5.41) is 9.62. The zero-order valence-corrected chi connectivity index (χ0v) is 13.6. The van der Waals surface area contributed by atoms with Gasteiger partial charge in [0.05, 0.1) is 17.2 Å². The molecular weight excluding hydrogens is 318 g/mol. The van der Waals surface area contributed by atoms with E-state index in [9.17, 15) is 9.59 Å². The summed E-state index contributed by atoms with van der Waals surface area (Å²) in [6.45, 7) is 2.04. The number of carbonyl (C=O) groups is 1. The van der Waals surface area contributed by atoms with E-state index < -0.39 is 11.6 Å². The number of ether oxygens (including phenoxy) is 1. The fourth-order valence-electron chi connectivity index (χ4n) is 2.60. The smallest absolute Gasteiger partial charge is 0.343 e. The minimum absolute atomic E-state index is 0.290. The molecule has 0 radical (unpaired) electrons. The molecule has 3 aromatic rings. The van der Waals surface area contributed by atoms with Gasteiger partial charge in [-0.15, -0.1) is 0 Å². The molecule has 0 fully saturated rings. The lowest BCUT2D eigenvalue weighted by Gasteiger charge is -2.07. The fraction of sp³-hybridized carbons (Fsp3) is 0.150. The van der Waals surface area contributed by atoms with Crippen molar-refractivity contribution in [3.8, 4) is 11.8 Å². The molecule has 25 heavy (non-hydrogen) atoms. The lowest BCUT2D eigenvalue weighted by molar-refractivity contribution is 0.0735. The fourth-order valence-corrected chi connectivity index (χ4v) is 2.60. The Kier molecular flexibility index (Phi) is 4.62. The van der Waals surface area contributed by atoms with Crippen molar-refractivity contribution >= 4 is 16.9 Å². The number of carbonyl (C=O) groups excluding carboxylic acids is 1. The highest BCUT2D eigenvalue weighted by molar-refractivity contribution is 5.92. The zero-order chi connectivity index (χ0) is 17.8. The first-order valence-corrected chi connectivity index (χ1v) is 7.90. The Hall–Kier alpha value is -3.39. The van der Waals surface area contributed by atoms with Crippen LogP contribution >= 0.6 is 0 Å². The Labute approximate surface area is 144 Å². The minimum atomic E-state index is -0.545. The van der Waals surface area contributed by atoms with Crippen LogP contribution in [0.2, 0.25) is 0 Å². The molecule has 0 spiro atoms. The lowest BCUT2D eigenvalue weighted by Crippen LogP contribution is -2.08. The van der Waals surface area contributed by atoms with Crippen molar-refractivity contribution in [3.63, 3.8) is 0 Å². The molecule has 3 rings (SSSR count). The molecular formula is C20H15NO4. The van der Waals surface area contributed by atoms with Crippen LogP contribution in [0, 0.1) is 11.3 Å². The van der Waals surface area contributed by atoms with Crippen molar-refractivity contribution in [1.82, 2.24) is 0 Å². The Bertz CT molecular complexity index is 1030. The zero-order valence-electron chi connectivity index (χ0n) is 13.6. The maximum absolute atomic E-state index is 12.2. The number of esters is 1. The second-order valence-corrected chi connectivity index (χ2v) is 5.58. The van der Waals surface area contributed by atoms with Gasteiger partial charge >= 0.3 is 11.6 Å². The molecule has 1 aromatic heterocycles. The Morgan fingerprint density at radius 2 is 1.92 bits per heavy atom. The molecule has 0 N–H and O–H groups in total. The number of nitriles is 1. The number of fused-ring (bicyclic) bond motifs is 1. The first-order valence-electron chi connectivity index (χ1n) is 7.90. The van der Waals surface area contributed by atoms with E-state index in [2.05, 4.69) is 0 Å². The molecule has 0 saturated carbocycles. The van der Waals surface area contributed by atoms with Crippen LogP contribution in [0.15, 0.2) is 57.7 Å². The van der Waals surface area contributed by atoms with Crippen LogP contribution in [0.4, 0.5) is 0 Å². The van der Waals surface area contributed by atoms with Crippen LogP contribution in [-0.2, 0) is 6.42 Å². The second kappa shape index (κ2) is 7.02. The largest absolute Gasteiger partial charge is 0.423 e. The molecule has 0 aliphatic rings. The molecule has 124 valence electrons. The molecule has 0 atom stereocenters. The summed E-state index contributed by atoms with van der Waals surface area (Å²) in [4.78, 5) is 23.9. The van der Waals surface area contributed by atoms with Gasteiger partial charge in [0.2, 0.25) is 0 Å². The molecule has 5 heteroatoms. The van der Waals surface area contributed by atoms with E-state index in [0.717, 1.165) is 23.8 Å². The molecule has 1 heterocycles. The van der Waals surface area contributed by atoms with Gasteiger partial charge in [-0.3, -0.25) is 0 Å². The van der Waals surface area contributed by atoms with Gasteiger partial charge in [-0.1, -0.05) is 13.3 Å². The average Bonchev–Trinajstić information content (AvgIpc) is 2.61. The van der Waals surface area contributed by atoms with Crippen molar-refractivity contribution in [2.45, 2.75) is 19.8 Å². The van der Waals surface area contributed by atoms with E-state index in [0.29, 0.717) is 22.5 Å². The van der Waals surface area contributed by atoms with Gasteiger partial charge < -0.3 is 9.15 Å². The number of rotatable bonds is 4. The highest BCUT2D eigenvalue weighted by atomic mass is 16.5. The number of hydrogen-bond acceptors (Lipinski definition) is 5. The van der Waals surface area contributed by atoms with Gasteiger partial charge in [-0.2, -0.15) is 5.26 Å². The Morgan fingerprint density at radius 1 is 1.16 bits per heavy atom. The van der Waals surface area contributed by atoms with Crippen molar-refractivity contribution < 1.29 is 13.9 Å². The molecule has 5 nitrogen and oxygen atoms in total. The highest BCUT2D eigenvalue weighted by Gasteiger charge is 2.11. The van der Waals surface area contributed by atoms with E-state index in [1.165, 1.54) is 24.3 Å². The summed E-state index contributed by atoms with van der Waals surface area (Å²) >= 11 is 0. The average molecular weight is 333 g/mol. The van der Waals surface area contributed by atoms with Gasteiger partial charge in [-0.05, 0) is 48.4 Å². The summed E-state index contributed by atoms with van der Waals surface area (Å²) in [6.07, 6.45) is 1.68. The van der Waals surface area contributed by atoms with E-state index in [4.69, 9.17) is 14.4 Å². The van der Waals surface area contributed by atoms with Gasteiger partial charge in [0.1, 0.15) is 11.3 Å². The van der Waals surface area contributed by atoms with E-state index in [-0.39, 0.29) is 0 Å². The number of aryl methyl sites for hydroxylation is 1. The predicted octanol–water partition coefficient (Wildman–Crippen LogP) is 3.84. The van der Waals surface area contributed by atoms with Crippen LogP contribution in [0.25, 0.3) is 11.0 Å². The molecule has 0 aliphatic carbocycles. The van der Waals surface area contributed by atoms with E-state index >= 15 is 0 Å². The van der Waals surface area contributed by atoms with Crippen molar-refractivity contribution in [2.75, 3.05) is 0 Å². The standard InChI is InChI=1S/C20H15NO4/c1-2-3-15-10-19(22)25-18-11-16(8-9-17(15)18)24-20(23)14-6-4-13(12-21)5-7-14/h4-11H,2-3H2,1H3. The van der Waals surface area contributed by atoms with Gasteiger partial charge in [0, 0.05) is 17.5 Å². The molecule has 2 aromatic carbocycles.